The molecular weight excluding hydrogens is 397 g/mol. The molecule has 0 amide bonds. The summed E-state index contributed by atoms with van der Waals surface area (Å²) >= 11 is 13.4. The van der Waals surface area contributed by atoms with Gasteiger partial charge in [0.2, 0.25) is 0 Å². The van der Waals surface area contributed by atoms with Crippen molar-refractivity contribution in [3.05, 3.63) is 57.8 Å². The maximum atomic E-state index is 11.3. The number of ketones is 1. The Bertz CT molecular complexity index is 715. The Morgan fingerprint density at radius 2 is 1.74 bits per heavy atom. The number of pyridine rings is 1. The quantitative estimate of drug-likeness (QED) is 0.315. The number of halogens is 2. The number of aromatic nitrogens is 1. The van der Waals surface area contributed by atoms with Crippen molar-refractivity contribution in [1.29, 1.82) is 0 Å². The SMILES string of the molecule is CC(=O)c1cccc(CSc2ccc(Cl)c(Cl)c2)n1.CCCC(C)CCC. The van der Waals surface area contributed by atoms with E-state index in [0.29, 0.717) is 21.5 Å². The monoisotopic (exact) mass is 425 g/mol. The lowest BCUT2D eigenvalue weighted by Gasteiger charge is -2.05. The van der Waals surface area contributed by atoms with E-state index in [1.165, 1.54) is 32.6 Å². The number of hydrogen-bond acceptors (Lipinski definition) is 3. The van der Waals surface area contributed by atoms with Gasteiger partial charge < -0.3 is 0 Å². The van der Waals surface area contributed by atoms with E-state index in [9.17, 15) is 4.79 Å². The lowest BCUT2D eigenvalue weighted by Crippen LogP contribution is -1.98. The van der Waals surface area contributed by atoms with E-state index in [1.54, 1.807) is 23.9 Å². The number of nitrogens with zero attached hydrogens (tertiary/aromatic N) is 1. The summed E-state index contributed by atoms with van der Waals surface area (Å²) in [5.74, 6) is 1.62. The Balaban J connectivity index is 0.000000387. The van der Waals surface area contributed by atoms with Gasteiger partial charge in [0, 0.05) is 17.6 Å². The molecule has 0 bridgehead atoms. The molecule has 2 rings (SSSR count). The number of carbonyl (C=O) groups is 1. The van der Waals surface area contributed by atoms with E-state index in [1.807, 2.05) is 24.3 Å². The van der Waals surface area contributed by atoms with Crippen LogP contribution in [0, 0.1) is 5.92 Å². The molecule has 0 fully saturated rings. The number of thioether (sulfide) groups is 1. The van der Waals surface area contributed by atoms with Gasteiger partial charge in [-0.15, -0.1) is 11.8 Å². The van der Waals surface area contributed by atoms with Crippen molar-refractivity contribution < 1.29 is 4.79 Å². The molecule has 0 saturated carbocycles. The minimum Gasteiger partial charge on any atom is -0.293 e. The van der Waals surface area contributed by atoms with Crippen LogP contribution in [0.2, 0.25) is 10.0 Å². The third kappa shape index (κ3) is 9.64. The van der Waals surface area contributed by atoms with Crippen LogP contribution >= 0.6 is 35.0 Å². The van der Waals surface area contributed by atoms with Gasteiger partial charge in [-0.25, -0.2) is 4.98 Å². The maximum absolute atomic E-state index is 11.3. The fourth-order valence-electron chi connectivity index (χ4n) is 2.61. The third-order valence-corrected chi connectivity index (χ3v) is 5.77. The minimum absolute atomic E-state index is 0.0265. The Kier molecular flexibility index (Phi) is 11.7. The number of hydrogen-bond donors (Lipinski definition) is 0. The molecule has 0 unspecified atom stereocenters. The van der Waals surface area contributed by atoms with E-state index in [4.69, 9.17) is 23.2 Å². The second kappa shape index (κ2) is 13.2. The summed E-state index contributed by atoms with van der Waals surface area (Å²) in [6, 6.07) is 11.0. The van der Waals surface area contributed by atoms with Crippen LogP contribution < -0.4 is 0 Å². The van der Waals surface area contributed by atoms with Crippen molar-refractivity contribution in [3.63, 3.8) is 0 Å². The summed E-state index contributed by atoms with van der Waals surface area (Å²) in [5.41, 5.74) is 1.36. The summed E-state index contributed by atoms with van der Waals surface area (Å²) in [7, 11) is 0. The molecule has 0 aliphatic heterocycles. The smallest absolute Gasteiger partial charge is 0.178 e. The molecular formula is C22H29Cl2NOS. The summed E-state index contributed by atoms with van der Waals surface area (Å²) in [4.78, 5) is 16.6. The Morgan fingerprint density at radius 3 is 2.30 bits per heavy atom. The normalized spacial score (nSPS) is 10.5. The first kappa shape index (κ1) is 24.0. The largest absolute Gasteiger partial charge is 0.293 e. The molecule has 2 aromatic rings. The topological polar surface area (TPSA) is 30.0 Å². The standard InChI is InChI=1S/C14H11Cl2NOS.C8H18/c1-9(18)14-4-2-3-10(17-14)8-19-11-5-6-12(15)13(16)7-11;1-4-6-8(3)7-5-2/h2-7H,8H2,1H3;8H,4-7H2,1-3H3. The predicted octanol–water partition coefficient (Wildman–Crippen LogP) is 8.11. The van der Waals surface area contributed by atoms with Crippen LogP contribution in [0.15, 0.2) is 41.3 Å². The highest BCUT2D eigenvalue weighted by Gasteiger charge is 2.04. The van der Waals surface area contributed by atoms with Crippen molar-refractivity contribution in [3.8, 4) is 0 Å². The molecule has 1 aromatic heterocycles. The van der Waals surface area contributed by atoms with Crippen LogP contribution in [0.4, 0.5) is 0 Å². The fraction of sp³-hybridized carbons (Fsp3) is 0.455. The van der Waals surface area contributed by atoms with Crippen LogP contribution in [-0.2, 0) is 5.75 Å². The van der Waals surface area contributed by atoms with Crippen molar-refractivity contribution >= 4 is 40.7 Å². The van der Waals surface area contributed by atoms with E-state index in [-0.39, 0.29) is 5.78 Å². The van der Waals surface area contributed by atoms with Crippen molar-refractivity contribution in [2.45, 2.75) is 64.0 Å². The highest BCUT2D eigenvalue weighted by atomic mass is 35.5. The summed E-state index contributed by atoms with van der Waals surface area (Å²) in [6.07, 6.45) is 5.52. The average Bonchev–Trinajstić information content (AvgIpc) is 2.64. The predicted molar refractivity (Wildman–Crippen MR) is 119 cm³/mol. The zero-order valence-corrected chi connectivity index (χ0v) is 18.9. The fourth-order valence-corrected chi connectivity index (χ4v) is 3.81. The minimum atomic E-state index is -0.0265. The molecule has 0 saturated heterocycles. The number of benzene rings is 1. The molecule has 27 heavy (non-hydrogen) atoms. The van der Waals surface area contributed by atoms with Crippen molar-refractivity contribution in [2.75, 3.05) is 0 Å². The van der Waals surface area contributed by atoms with Gasteiger partial charge in [0.15, 0.2) is 5.78 Å². The molecule has 148 valence electrons. The summed E-state index contributed by atoms with van der Waals surface area (Å²) in [6.45, 7) is 8.36. The van der Waals surface area contributed by atoms with Crippen LogP contribution in [0.5, 0.6) is 0 Å². The van der Waals surface area contributed by atoms with Gasteiger partial charge in [-0.3, -0.25) is 4.79 Å². The first-order valence-corrected chi connectivity index (χ1v) is 11.2. The number of rotatable bonds is 8. The van der Waals surface area contributed by atoms with Gasteiger partial charge in [-0.1, -0.05) is 75.7 Å². The van der Waals surface area contributed by atoms with Gasteiger partial charge in [-0.05, 0) is 36.2 Å². The number of carbonyl (C=O) groups excluding carboxylic acids is 1. The van der Waals surface area contributed by atoms with E-state index in [0.717, 1.165) is 16.5 Å². The molecule has 0 atom stereocenters. The molecule has 1 aromatic carbocycles. The summed E-state index contributed by atoms with van der Waals surface area (Å²) < 4.78 is 0. The second-order valence-electron chi connectivity index (χ2n) is 6.62. The zero-order chi connectivity index (χ0) is 20.2. The number of Topliss-reactive ketones (excluding diaryl/α,β-unsaturated/α-hetero) is 1. The average molecular weight is 426 g/mol. The van der Waals surface area contributed by atoms with Crippen LogP contribution in [0.1, 0.15) is 69.6 Å². The highest BCUT2D eigenvalue weighted by molar-refractivity contribution is 7.98. The van der Waals surface area contributed by atoms with Gasteiger partial charge in [0.05, 0.1) is 15.7 Å². The molecule has 0 aliphatic carbocycles. The Morgan fingerprint density at radius 1 is 1.07 bits per heavy atom. The van der Waals surface area contributed by atoms with Gasteiger partial charge >= 0.3 is 0 Å². The lowest BCUT2D eigenvalue weighted by molar-refractivity contribution is 0.101. The van der Waals surface area contributed by atoms with Crippen LogP contribution in [0.3, 0.4) is 0 Å². The molecule has 2 nitrogen and oxygen atoms in total. The highest BCUT2D eigenvalue weighted by Crippen LogP contribution is 2.29. The second-order valence-corrected chi connectivity index (χ2v) is 8.48. The first-order chi connectivity index (χ1) is 12.9. The first-order valence-electron chi connectivity index (χ1n) is 9.42. The van der Waals surface area contributed by atoms with Gasteiger partial charge in [-0.2, -0.15) is 0 Å². The van der Waals surface area contributed by atoms with E-state index < -0.39 is 0 Å². The maximum Gasteiger partial charge on any atom is 0.178 e. The van der Waals surface area contributed by atoms with Gasteiger partial charge in [0.1, 0.15) is 5.69 Å². The van der Waals surface area contributed by atoms with Crippen LogP contribution in [0.25, 0.3) is 0 Å². The van der Waals surface area contributed by atoms with Gasteiger partial charge in [0.25, 0.3) is 0 Å². The van der Waals surface area contributed by atoms with Crippen molar-refractivity contribution in [1.82, 2.24) is 4.98 Å². The summed E-state index contributed by atoms with van der Waals surface area (Å²) in [5, 5.41) is 1.08. The molecule has 0 spiro atoms. The molecule has 5 heteroatoms. The van der Waals surface area contributed by atoms with Crippen LogP contribution in [-0.4, -0.2) is 10.8 Å². The zero-order valence-electron chi connectivity index (χ0n) is 16.6. The molecule has 0 N–H and O–H groups in total. The molecule has 0 aliphatic rings. The van der Waals surface area contributed by atoms with E-state index >= 15 is 0 Å². The molecule has 0 radical (unpaired) electrons. The third-order valence-electron chi connectivity index (χ3n) is 4.01. The molecule has 1 heterocycles. The van der Waals surface area contributed by atoms with Crippen molar-refractivity contribution in [2.24, 2.45) is 5.92 Å². The lowest BCUT2D eigenvalue weighted by atomic mass is 10.0. The van der Waals surface area contributed by atoms with E-state index in [2.05, 4.69) is 25.8 Å². The Hall–Kier alpha value is -1.03. The Labute approximate surface area is 178 Å².